The van der Waals surface area contributed by atoms with Gasteiger partial charge in [-0.25, -0.2) is 9.48 Å². The molecule has 3 amide bonds. The van der Waals surface area contributed by atoms with E-state index in [1.165, 1.54) is 4.90 Å². The summed E-state index contributed by atoms with van der Waals surface area (Å²) >= 11 is 0. The van der Waals surface area contributed by atoms with Crippen LogP contribution in [0.15, 0.2) is 67.0 Å². The van der Waals surface area contributed by atoms with E-state index in [9.17, 15) is 19.5 Å². The topological polar surface area (TPSA) is 130 Å². The molecule has 0 radical (unpaired) electrons. The summed E-state index contributed by atoms with van der Waals surface area (Å²) in [5.74, 6) is -0.449. The van der Waals surface area contributed by atoms with Crippen molar-refractivity contribution in [2.45, 2.75) is 52.3 Å². The molecule has 4 aromatic rings. The van der Waals surface area contributed by atoms with Crippen LogP contribution in [0.2, 0.25) is 0 Å². The van der Waals surface area contributed by atoms with Crippen molar-refractivity contribution < 1.29 is 24.2 Å². The van der Waals surface area contributed by atoms with Crippen molar-refractivity contribution in [3.8, 4) is 11.1 Å². The fourth-order valence-corrected chi connectivity index (χ4v) is 6.18. The summed E-state index contributed by atoms with van der Waals surface area (Å²) in [7, 11) is 0. The van der Waals surface area contributed by atoms with E-state index < -0.39 is 6.09 Å². The van der Waals surface area contributed by atoms with E-state index in [-0.39, 0.29) is 36.0 Å². The Kier molecular flexibility index (Phi) is 8.28. The Morgan fingerprint density at radius 1 is 0.956 bits per heavy atom. The summed E-state index contributed by atoms with van der Waals surface area (Å²) in [6.45, 7) is 7.59. The zero-order valence-electron chi connectivity index (χ0n) is 25.8. The van der Waals surface area contributed by atoms with Crippen molar-refractivity contribution in [1.29, 1.82) is 0 Å². The van der Waals surface area contributed by atoms with Gasteiger partial charge < -0.3 is 25.0 Å². The Morgan fingerprint density at radius 2 is 1.69 bits per heavy atom. The van der Waals surface area contributed by atoms with Crippen molar-refractivity contribution in [1.82, 2.24) is 24.6 Å². The molecule has 0 saturated carbocycles. The van der Waals surface area contributed by atoms with Crippen LogP contribution in [0.25, 0.3) is 22.0 Å². The van der Waals surface area contributed by atoms with E-state index in [1.54, 1.807) is 41.6 Å². The minimum absolute atomic E-state index is 0.125. The van der Waals surface area contributed by atoms with Crippen molar-refractivity contribution in [2.24, 2.45) is 5.41 Å². The fraction of sp³-hybridized carbons (Fsp3) is 0.382. The molecular weight excluding hydrogens is 572 g/mol. The Bertz CT molecular complexity index is 1710. The van der Waals surface area contributed by atoms with Gasteiger partial charge in [-0.05, 0) is 72.2 Å². The number of carboxylic acid groups (broad SMARTS) is 1. The highest BCUT2D eigenvalue weighted by Gasteiger charge is 2.39. The Hall–Kier alpha value is -4.77. The number of anilines is 1. The maximum atomic E-state index is 13.5. The molecule has 4 heterocycles. The summed E-state index contributed by atoms with van der Waals surface area (Å²) < 4.78 is 7.84. The maximum Gasteiger partial charge on any atom is 0.407 e. The Balaban J connectivity index is 1.27. The third-order valence-electron chi connectivity index (χ3n) is 8.67. The van der Waals surface area contributed by atoms with Crippen LogP contribution in [0.4, 0.5) is 10.5 Å². The van der Waals surface area contributed by atoms with Gasteiger partial charge in [-0.15, -0.1) is 0 Å². The van der Waals surface area contributed by atoms with E-state index >= 15 is 0 Å². The molecule has 6 rings (SSSR count). The number of hydrogen-bond acceptors (Lipinski definition) is 6. The number of ether oxygens (including phenoxy) is 1. The van der Waals surface area contributed by atoms with Crippen LogP contribution in [0, 0.1) is 5.41 Å². The van der Waals surface area contributed by atoms with Crippen LogP contribution in [0.5, 0.6) is 0 Å². The normalized spacial score (nSPS) is 19.0. The lowest BCUT2D eigenvalue weighted by molar-refractivity contribution is -0.0367. The smallest absolute Gasteiger partial charge is 0.407 e. The number of carbonyl (C=O) groups excluding carboxylic acids is 2. The molecule has 45 heavy (non-hydrogen) atoms. The molecular formula is C34H38N6O5. The Labute approximate surface area is 261 Å². The highest BCUT2D eigenvalue weighted by Crippen LogP contribution is 2.33. The minimum Gasteiger partial charge on any atom is -0.465 e. The molecule has 234 valence electrons. The predicted molar refractivity (Wildman–Crippen MR) is 170 cm³/mol. The van der Waals surface area contributed by atoms with Gasteiger partial charge in [0, 0.05) is 55.3 Å². The molecule has 2 unspecified atom stereocenters. The predicted octanol–water partition coefficient (Wildman–Crippen LogP) is 5.90. The average molecular weight is 611 g/mol. The number of amides is 3. The van der Waals surface area contributed by atoms with E-state index in [0.717, 1.165) is 35.9 Å². The summed E-state index contributed by atoms with van der Waals surface area (Å²) in [4.78, 5) is 46.0. The summed E-state index contributed by atoms with van der Waals surface area (Å²) in [6.07, 6.45) is 4.89. The van der Waals surface area contributed by atoms with Gasteiger partial charge in [-0.2, -0.15) is 5.10 Å². The zero-order valence-corrected chi connectivity index (χ0v) is 25.8. The second-order valence-electron chi connectivity index (χ2n) is 12.7. The number of piperazine rings is 1. The number of hydrogen-bond donors (Lipinski definition) is 2. The molecule has 11 nitrogen and oxygen atoms in total. The van der Waals surface area contributed by atoms with Crippen molar-refractivity contribution in [2.75, 3.05) is 31.6 Å². The lowest BCUT2D eigenvalue weighted by atomic mass is 9.84. The van der Waals surface area contributed by atoms with Gasteiger partial charge in [0.1, 0.15) is 0 Å². The van der Waals surface area contributed by atoms with Crippen molar-refractivity contribution >= 4 is 34.5 Å². The molecule has 0 bridgehead atoms. The molecule has 2 aliphatic rings. The first-order valence-electron chi connectivity index (χ1n) is 15.3. The lowest BCUT2D eigenvalue weighted by Crippen LogP contribution is -2.60. The zero-order chi connectivity index (χ0) is 31.7. The fourth-order valence-electron chi connectivity index (χ4n) is 6.18. The third-order valence-corrected chi connectivity index (χ3v) is 8.67. The standard InChI is InChI=1S/C34H38N6O5/c1-34(2,3)28-21-38(17-18-39(28)33(43)44)32(42)23-9-7-22(8-10-23)24-11-12-27-26(20-24)30(31(41)36-25-13-15-35-16-14-25)37-40(27)29-6-4-5-19-45-29/h7-16,20,28-29H,4-6,17-19,21H2,1-3H3,(H,43,44)(H,35,36,41). The number of benzene rings is 2. The van der Waals surface area contributed by atoms with Crippen LogP contribution in [-0.2, 0) is 4.74 Å². The first-order chi connectivity index (χ1) is 21.6. The minimum atomic E-state index is -0.960. The molecule has 2 fully saturated rings. The number of fused-ring (bicyclic) bond motifs is 1. The Morgan fingerprint density at radius 3 is 2.36 bits per heavy atom. The van der Waals surface area contributed by atoms with Gasteiger partial charge >= 0.3 is 6.09 Å². The first kappa shape index (κ1) is 30.3. The van der Waals surface area contributed by atoms with Crippen LogP contribution in [0.3, 0.4) is 0 Å². The van der Waals surface area contributed by atoms with Gasteiger partial charge in [0.05, 0.1) is 11.6 Å². The highest BCUT2D eigenvalue weighted by atomic mass is 16.5. The van der Waals surface area contributed by atoms with Crippen LogP contribution in [-0.4, -0.2) is 79.9 Å². The summed E-state index contributed by atoms with van der Waals surface area (Å²) in [5, 5.41) is 18.1. The third kappa shape index (κ3) is 6.26. The van der Waals surface area contributed by atoms with Crippen LogP contribution < -0.4 is 5.32 Å². The SMILES string of the molecule is CC(C)(C)C1CN(C(=O)c2ccc(-c3ccc4c(c3)c(C(=O)Nc3ccncc3)nn4C3CCCCO3)cc2)CCN1C(=O)O. The summed E-state index contributed by atoms with van der Waals surface area (Å²) in [6, 6.07) is 16.5. The van der Waals surface area contributed by atoms with Crippen LogP contribution in [0.1, 0.15) is 67.1 Å². The first-order valence-corrected chi connectivity index (χ1v) is 15.3. The molecule has 0 spiro atoms. The van der Waals surface area contributed by atoms with E-state index in [2.05, 4.69) is 10.3 Å². The molecule has 2 N–H and O–H groups in total. The quantitative estimate of drug-likeness (QED) is 0.288. The highest BCUT2D eigenvalue weighted by molar-refractivity contribution is 6.11. The number of nitrogens with zero attached hydrogens (tertiary/aromatic N) is 5. The van der Waals surface area contributed by atoms with Crippen LogP contribution >= 0.6 is 0 Å². The van der Waals surface area contributed by atoms with E-state index in [4.69, 9.17) is 9.84 Å². The molecule has 0 aliphatic carbocycles. The monoisotopic (exact) mass is 610 g/mol. The second-order valence-corrected chi connectivity index (χ2v) is 12.7. The second kappa shape index (κ2) is 12.3. The average Bonchev–Trinajstić information content (AvgIpc) is 3.44. The number of aromatic nitrogens is 3. The molecule has 2 aromatic carbocycles. The van der Waals surface area contributed by atoms with Gasteiger partial charge in [0.2, 0.25) is 0 Å². The van der Waals surface area contributed by atoms with Gasteiger partial charge in [-0.3, -0.25) is 14.6 Å². The number of nitrogens with one attached hydrogen (secondary N) is 1. The van der Waals surface area contributed by atoms with E-state index in [0.29, 0.717) is 42.0 Å². The maximum absolute atomic E-state index is 13.5. The number of rotatable bonds is 5. The molecule has 11 heteroatoms. The largest absolute Gasteiger partial charge is 0.465 e. The molecule has 2 aromatic heterocycles. The molecule has 2 atom stereocenters. The molecule has 2 aliphatic heterocycles. The number of carbonyl (C=O) groups is 3. The molecule has 2 saturated heterocycles. The summed E-state index contributed by atoms with van der Waals surface area (Å²) in [5.41, 5.74) is 3.73. The number of pyridine rings is 1. The van der Waals surface area contributed by atoms with Crippen molar-refractivity contribution in [3.05, 3.63) is 78.2 Å². The lowest BCUT2D eigenvalue weighted by Gasteiger charge is -2.45. The van der Waals surface area contributed by atoms with Gasteiger partial charge in [0.25, 0.3) is 11.8 Å². The van der Waals surface area contributed by atoms with E-state index in [1.807, 2.05) is 55.8 Å². The van der Waals surface area contributed by atoms with Gasteiger partial charge in [0.15, 0.2) is 11.9 Å². The van der Waals surface area contributed by atoms with Gasteiger partial charge in [-0.1, -0.05) is 39.0 Å². The van der Waals surface area contributed by atoms with Crippen molar-refractivity contribution in [3.63, 3.8) is 0 Å².